The number of aliphatic hydroxyl groups excluding tert-OH is 1. The van der Waals surface area contributed by atoms with E-state index in [0.717, 1.165) is 6.42 Å². The second-order valence-corrected chi connectivity index (χ2v) is 4.24. The highest BCUT2D eigenvalue weighted by Crippen LogP contribution is 2.26. The monoisotopic (exact) mass is 222 g/mol. The Morgan fingerprint density at radius 2 is 2.06 bits per heavy atom. The molecule has 0 radical (unpaired) electrons. The lowest BCUT2D eigenvalue weighted by Gasteiger charge is -2.11. The summed E-state index contributed by atoms with van der Waals surface area (Å²) in [6, 6.07) is 10.1. The van der Waals surface area contributed by atoms with E-state index in [-0.39, 0.29) is 24.9 Å². The van der Waals surface area contributed by atoms with Crippen molar-refractivity contribution in [3.05, 3.63) is 35.9 Å². The van der Waals surface area contributed by atoms with Crippen LogP contribution in [0.25, 0.3) is 0 Å². The maximum absolute atomic E-state index is 8.83. The van der Waals surface area contributed by atoms with Gasteiger partial charge < -0.3 is 14.6 Å². The molecule has 0 amide bonds. The molecular weight excluding hydrogens is 204 g/mol. The molecule has 1 fully saturated rings. The minimum absolute atomic E-state index is 0.0442. The molecule has 1 N–H and O–H groups in total. The smallest absolute Gasteiger partial charge is 0.107 e. The molecule has 3 nitrogen and oxygen atoms in total. The number of ether oxygens (including phenoxy) is 2. The number of epoxide rings is 1. The maximum atomic E-state index is 8.83. The van der Waals surface area contributed by atoms with Crippen LogP contribution in [0.1, 0.15) is 18.9 Å². The van der Waals surface area contributed by atoms with Crippen LogP contribution in [0, 0.1) is 0 Å². The normalized spacial score (nSPS) is 25.4. The Morgan fingerprint density at radius 3 is 2.69 bits per heavy atom. The quantitative estimate of drug-likeness (QED) is 0.745. The Kier molecular flexibility index (Phi) is 3.93. The Hall–Kier alpha value is -0.900. The van der Waals surface area contributed by atoms with Crippen molar-refractivity contribution < 1.29 is 14.6 Å². The summed E-state index contributed by atoms with van der Waals surface area (Å²) in [6.07, 6.45) is 1.26. The summed E-state index contributed by atoms with van der Waals surface area (Å²) in [5.41, 5.74) is 1.18. The summed E-state index contributed by atoms with van der Waals surface area (Å²) >= 11 is 0. The first kappa shape index (κ1) is 11.6. The second-order valence-electron chi connectivity index (χ2n) is 4.24. The van der Waals surface area contributed by atoms with Crippen LogP contribution in [0.15, 0.2) is 30.3 Å². The molecule has 0 unspecified atom stereocenters. The van der Waals surface area contributed by atoms with Crippen molar-refractivity contribution in [1.29, 1.82) is 0 Å². The number of hydrogen-bond acceptors (Lipinski definition) is 3. The fourth-order valence-corrected chi connectivity index (χ4v) is 1.75. The molecule has 3 atom stereocenters. The van der Waals surface area contributed by atoms with E-state index >= 15 is 0 Å². The summed E-state index contributed by atoms with van der Waals surface area (Å²) in [6.45, 7) is 2.80. The predicted octanol–water partition coefficient (Wildman–Crippen LogP) is 1.74. The van der Waals surface area contributed by atoms with Crippen LogP contribution in [-0.2, 0) is 16.1 Å². The Labute approximate surface area is 96.0 Å². The minimum Gasteiger partial charge on any atom is -0.394 e. The Bertz CT molecular complexity index is 312. The lowest BCUT2D eigenvalue weighted by Crippen LogP contribution is -2.13. The Balaban J connectivity index is 1.66. The van der Waals surface area contributed by atoms with Crippen LogP contribution >= 0.6 is 0 Å². The largest absolute Gasteiger partial charge is 0.394 e. The van der Waals surface area contributed by atoms with Crippen molar-refractivity contribution in [1.82, 2.24) is 0 Å². The van der Waals surface area contributed by atoms with Gasteiger partial charge in [-0.15, -0.1) is 0 Å². The molecule has 1 aromatic rings. The van der Waals surface area contributed by atoms with Gasteiger partial charge in [0.1, 0.15) is 6.10 Å². The molecule has 1 saturated heterocycles. The van der Waals surface area contributed by atoms with Crippen molar-refractivity contribution >= 4 is 0 Å². The predicted molar refractivity (Wildman–Crippen MR) is 61.1 cm³/mol. The van der Waals surface area contributed by atoms with Crippen LogP contribution in [0.3, 0.4) is 0 Å². The van der Waals surface area contributed by atoms with E-state index < -0.39 is 0 Å². The molecule has 16 heavy (non-hydrogen) atoms. The van der Waals surface area contributed by atoms with Crippen molar-refractivity contribution in [2.75, 3.05) is 6.61 Å². The van der Waals surface area contributed by atoms with Gasteiger partial charge in [0.2, 0.25) is 0 Å². The first-order chi connectivity index (χ1) is 7.79. The van der Waals surface area contributed by atoms with Crippen LogP contribution < -0.4 is 0 Å². The molecule has 3 heteroatoms. The number of hydrogen-bond donors (Lipinski definition) is 1. The highest BCUT2D eigenvalue weighted by molar-refractivity contribution is 5.13. The van der Waals surface area contributed by atoms with Crippen molar-refractivity contribution in [3.63, 3.8) is 0 Å². The highest BCUT2D eigenvalue weighted by Gasteiger charge is 2.38. The molecule has 0 bridgehead atoms. The third-order valence-electron chi connectivity index (χ3n) is 2.81. The zero-order valence-electron chi connectivity index (χ0n) is 9.50. The Morgan fingerprint density at radius 1 is 1.31 bits per heavy atom. The average molecular weight is 222 g/mol. The molecule has 88 valence electrons. The number of rotatable bonds is 6. The van der Waals surface area contributed by atoms with Crippen molar-refractivity contribution in [2.45, 2.75) is 38.3 Å². The lowest BCUT2D eigenvalue weighted by atomic mass is 10.2. The van der Waals surface area contributed by atoms with E-state index in [4.69, 9.17) is 14.6 Å². The second kappa shape index (κ2) is 5.43. The van der Waals surface area contributed by atoms with E-state index in [0.29, 0.717) is 6.61 Å². The van der Waals surface area contributed by atoms with Gasteiger partial charge in [-0.25, -0.2) is 0 Å². The van der Waals surface area contributed by atoms with Gasteiger partial charge >= 0.3 is 0 Å². The lowest BCUT2D eigenvalue weighted by molar-refractivity contribution is 0.0426. The van der Waals surface area contributed by atoms with Gasteiger partial charge in [0.05, 0.1) is 25.4 Å². The summed E-state index contributed by atoms with van der Waals surface area (Å²) in [5, 5.41) is 8.83. The number of benzene rings is 1. The molecule has 1 heterocycles. The molecule has 0 saturated carbocycles. The van der Waals surface area contributed by atoms with E-state index in [9.17, 15) is 0 Å². The van der Waals surface area contributed by atoms with Crippen molar-refractivity contribution in [3.8, 4) is 0 Å². The van der Waals surface area contributed by atoms with Gasteiger partial charge in [-0.1, -0.05) is 30.3 Å². The summed E-state index contributed by atoms with van der Waals surface area (Å²) in [4.78, 5) is 0. The summed E-state index contributed by atoms with van der Waals surface area (Å²) < 4.78 is 11.0. The molecular formula is C13H18O3. The van der Waals surface area contributed by atoms with Gasteiger partial charge in [0.25, 0.3) is 0 Å². The SMILES string of the molecule is C[C@@H](C[C@H]1O[C@H]1CO)OCc1ccccc1. The first-order valence-electron chi connectivity index (χ1n) is 5.71. The van der Waals surface area contributed by atoms with Gasteiger partial charge in [-0.05, 0) is 12.5 Å². The average Bonchev–Trinajstić information content (AvgIpc) is 3.06. The van der Waals surface area contributed by atoms with Crippen LogP contribution in [-0.4, -0.2) is 30.0 Å². The zero-order valence-corrected chi connectivity index (χ0v) is 9.50. The highest BCUT2D eigenvalue weighted by atomic mass is 16.6. The van der Waals surface area contributed by atoms with E-state index in [1.165, 1.54) is 5.56 Å². The molecule has 1 aromatic carbocycles. The van der Waals surface area contributed by atoms with Gasteiger partial charge in [-0.3, -0.25) is 0 Å². The minimum atomic E-state index is 0.0442. The van der Waals surface area contributed by atoms with Gasteiger partial charge in [-0.2, -0.15) is 0 Å². The third-order valence-corrected chi connectivity index (χ3v) is 2.81. The molecule has 0 spiro atoms. The van der Waals surface area contributed by atoms with E-state index in [2.05, 4.69) is 12.1 Å². The summed E-state index contributed by atoms with van der Waals surface area (Å²) in [5.74, 6) is 0. The fourth-order valence-electron chi connectivity index (χ4n) is 1.75. The van der Waals surface area contributed by atoms with E-state index in [1.807, 2.05) is 25.1 Å². The molecule has 0 aromatic heterocycles. The number of aliphatic hydroxyl groups is 1. The van der Waals surface area contributed by atoms with Gasteiger partial charge in [0, 0.05) is 6.42 Å². The third kappa shape index (κ3) is 3.30. The van der Waals surface area contributed by atoms with E-state index in [1.54, 1.807) is 0 Å². The standard InChI is InChI=1S/C13H18O3/c1-10(7-12-13(8-14)16-12)15-9-11-5-3-2-4-6-11/h2-6,10,12-14H,7-9H2,1H3/t10-,12+,13-/m0/s1. The fraction of sp³-hybridized carbons (Fsp3) is 0.538. The van der Waals surface area contributed by atoms with Crippen LogP contribution in [0.2, 0.25) is 0 Å². The zero-order chi connectivity index (χ0) is 11.4. The summed E-state index contributed by atoms with van der Waals surface area (Å²) in [7, 11) is 0. The molecule has 2 rings (SSSR count). The molecule has 0 aliphatic carbocycles. The van der Waals surface area contributed by atoms with Gasteiger partial charge in [0.15, 0.2) is 0 Å². The molecule has 1 aliphatic rings. The molecule has 1 aliphatic heterocycles. The van der Waals surface area contributed by atoms with Crippen LogP contribution in [0.4, 0.5) is 0 Å². The van der Waals surface area contributed by atoms with Crippen molar-refractivity contribution in [2.24, 2.45) is 0 Å². The van der Waals surface area contributed by atoms with Crippen LogP contribution in [0.5, 0.6) is 0 Å². The topological polar surface area (TPSA) is 42.0 Å². The first-order valence-corrected chi connectivity index (χ1v) is 5.71. The maximum Gasteiger partial charge on any atom is 0.107 e.